The first-order valence-corrected chi connectivity index (χ1v) is 5.65. The highest BCUT2D eigenvalue weighted by molar-refractivity contribution is 6.05. The Balaban J connectivity index is 2.30. The lowest BCUT2D eigenvalue weighted by molar-refractivity contribution is -0.384. The molecule has 1 aromatic heterocycles. The van der Waals surface area contributed by atoms with Gasteiger partial charge in [-0.2, -0.15) is 0 Å². The molecule has 0 aliphatic carbocycles. The minimum Gasteiger partial charge on any atom is -0.495 e. The van der Waals surface area contributed by atoms with Gasteiger partial charge in [0.25, 0.3) is 11.6 Å². The maximum absolute atomic E-state index is 12.0. The van der Waals surface area contributed by atoms with Crippen molar-refractivity contribution in [1.82, 2.24) is 4.98 Å². The number of benzene rings is 1. The largest absolute Gasteiger partial charge is 0.495 e. The van der Waals surface area contributed by atoms with Gasteiger partial charge in [-0.25, -0.2) is 0 Å². The molecule has 1 amide bonds. The Morgan fingerprint density at radius 2 is 2.00 bits per heavy atom. The first-order chi connectivity index (χ1) is 9.61. The maximum atomic E-state index is 12.0. The molecule has 0 radical (unpaired) electrons. The molecule has 0 saturated heterocycles. The standard InChI is InChI=1S/C13H11N3O4/c1-20-12-3-2-10(16(18)19)8-11(12)15-13(17)9-4-6-14-7-5-9/h2-8H,1H3,(H,15,17). The summed E-state index contributed by atoms with van der Waals surface area (Å²) in [5.41, 5.74) is 0.507. The van der Waals surface area contributed by atoms with Crippen LogP contribution < -0.4 is 10.1 Å². The first-order valence-electron chi connectivity index (χ1n) is 5.65. The van der Waals surface area contributed by atoms with Crippen molar-refractivity contribution >= 4 is 17.3 Å². The average Bonchev–Trinajstić information content (AvgIpc) is 2.48. The van der Waals surface area contributed by atoms with E-state index >= 15 is 0 Å². The number of pyridine rings is 1. The molecule has 0 spiro atoms. The number of methoxy groups -OCH3 is 1. The summed E-state index contributed by atoms with van der Waals surface area (Å²) in [5, 5.41) is 13.3. The van der Waals surface area contributed by atoms with Gasteiger partial charge in [-0.05, 0) is 18.2 Å². The SMILES string of the molecule is COc1ccc([N+](=O)[O-])cc1NC(=O)c1ccncc1. The predicted molar refractivity (Wildman–Crippen MR) is 71.8 cm³/mol. The number of non-ortho nitro benzene ring substituents is 1. The number of nitro benzene ring substituents is 1. The van der Waals surface area contributed by atoms with Crippen molar-refractivity contribution in [3.63, 3.8) is 0 Å². The van der Waals surface area contributed by atoms with Gasteiger partial charge in [0.2, 0.25) is 0 Å². The summed E-state index contributed by atoms with van der Waals surface area (Å²) in [4.78, 5) is 26.0. The summed E-state index contributed by atoms with van der Waals surface area (Å²) >= 11 is 0. The van der Waals surface area contributed by atoms with E-state index < -0.39 is 10.8 Å². The zero-order valence-corrected chi connectivity index (χ0v) is 10.6. The molecule has 20 heavy (non-hydrogen) atoms. The summed E-state index contributed by atoms with van der Waals surface area (Å²) in [6.45, 7) is 0. The Labute approximate surface area is 114 Å². The number of nitrogens with one attached hydrogen (secondary N) is 1. The quantitative estimate of drug-likeness (QED) is 0.681. The molecule has 102 valence electrons. The molecular formula is C13H11N3O4. The van der Waals surface area contributed by atoms with Crippen LogP contribution in [0.15, 0.2) is 42.7 Å². The van der Waals surface area contributed by atoms with E-state index in [1.165, 1.54) is 37.7 Å². The number of hydrogen-bond acceptors (Lipinski definition) is 5. The Morgan fingerprint density at radius 1 is 1.30 bits per heavy atom. The third-order valence-corrected chi connectivity index (χ3v) is 2.58. The number of nitro groups is 1. The fourth-order valence-corrected chi connectivity index (χ4v) is 1.60. The van der Waals surface area contributed by atoms with Crippen LogP contribution in [0, 0.1) is 10.1 Å². The normalized spacial score (nSPS) is 9.85. The van der Waals surface area contributed by atoms with Crippen molar-refractivity contribution in [2.75, 3.05) is 12.4 Å². The summed E-state index contributed by atoms with van der Waals surface area (Å²) in [6.07, 6.45) is 2.97. The second-order valence-electron chi connectivity index (χ2n) is 3.83. The third kappa shape index (κ3) is 2.89. The monoisotopic (exact) mass is 273 g/mol. The van der Waals surface area contributed by atoms with Crippen molar-refractivity contribution in [2.24, 2.45) is 0 Å². The molecule has 2 aromatic rings. The van der Waals surface area contributed by atoms with Gasteiger partial charge in [0.05, 0.1) is 17.7 Å². The van der Waals surface area contributed by atoms with Crippen LogP contribution in [0.5, 0.6) is 5.75 Å². The molecule has 1 N–H and O–H groups in total. The predicted octanol–water partition coefficient (Wildman–Crippen LogP) is 2.25. The number of amides is 1. The second-order valence-corrected chi connectivity index (χ2v) is 3.83. The van der Waals surface area contributed by atoms with Crippen LogP contribution in [0.3, 0.4) is 0 Å². The van der Waals surface area contributed by atoms with Gasteiger partial charge in [-0.3, -0.25) is 19.9 Å². The van der Waals surface area contributed by atoms with Gasteiger partial charge in [-0.1, -0.05) is 0 Å². The molecule has 0 bridgehead atoms. The highest BCUT2D eigenvalue weighted by atomic mass is 16.6. The Kier molecular flexibility index (Phi) is 3.90. The molecule has 2 rings (SSSR count). The number of carbonyl (C=O) groups excluding carboxylic acids is 1. The first kappa shape index (κ1) is 13.5. The number of anilines is 1. The Hall–Kier alpha value is -2.96. The van der Waals surface area contributed by atoms with Crippen LogP contribution >= 0.6 is 0 Å². The lowest BCUT2D eigenvalue weighted by atomic mass is 10.2. The third-order valence-electron chi connectivity index (χ3n) is 2.58. The number of nitrogens with zero attached hydrogens (tertiary/aromatic N) is 2. The lowest BCUT2D eigenvalue weighted by Crippen LogP contribution is -2.12. The van der Waals surface area contributed by atoms with Crippen molar-refractivity contribution < 1.29 is 14.5 Å². The summed E-state index contributed by atoms with van der Waals surface area (Å²) in [5.74, 6) is -0.0517. The summed E-state index contributed by atoms with van der Waals surface area (Å²) < 4.78 is 5.07. The molecule has 0 saturated carbocycles. The van der Waals surface area contributed by atoms with Gasteiger partial charge in [-0.15, -0.1) is 0 Å². The van der Waals surface area contributed by atoms with Gasteiger partial charge < -0.3 is 10.1 Å². The zero-order chi connectivity index (χ0) is 14.5. The van der Waals surface area contributed by atoms with Crippen LogP contribution in [0.1, 0.15) is 10.4 Å². The van der Waals surface area contributed by atoms with Crippen molar-refractivity contribution in [3.05, 3.63) is 58.4 Å². The van der Waals surface area contributed by atoms with Gasteiger partial charge in [0.15, 0.2) is 0 Å². The van der Waals surface area contributed by atoms with Gasteiger partial charge in [0.1, 0.15) is 5.75 Å². The van der Waals surface area contributed by atoms with Crippen molar-refractivity contribution in [2.45, 2.75) is 0 Å². The highest BCUT2D eigenvalue weighted by Crippen LogP contribution is 2.29. The van der Waals surface area contributed by atoms with E-state index in [1.54, 1.807) is 12.1 Å². The van der Waals surface area contributed by atoms with Gasteiger partial charge in [0, 0.05) is 30.1 Å². The van der Waals surface area contributed by atoms with Crippen molar-refractivity contribution in [1.29, 1.82) is 0 Å². The number of ether oxygens (including phenoxy) is 1. The highest BCUT2D eigenvalue weighted by Gasteiger charge is 2.14. The minimum atomic E-state index is -0.540. The van der Waals surface area contributed by atoms with E-state index in [9.17, 15) is 14.9 Å². The van der Waals surface area contributed by atoms with E-state index in [1.807, 2.05) is 0 Å². The van der Waals surface area contributed by atoms with Crippen LogP contribution in [-0.4, -0.2) is 22.9 Å². The summed E-state index contributed by atoms with van der Waals surface area (Å²) in [7, 11) is 1.42. The number of aromatic nitrogens is 1. The number of carbonyl (C=O) groups is 1. The minimum absolute atomic E-state index is 0.129. The fourth-order valence-electron chi connectivity index (χ4n) is 1.60. The fraction of sp³-hybridized carbons (Fsp3) is 0.0769. The van der Waals surface area contributed by atoms with E-state index in [0.29, 0.717) is 11.3 Å². The average molecular weight is 273 g/mol. The smallest absolute Gasteiger partial charge is 0.271 e. The van der Waals surface area contributed by atoms with E-state index in [2.05, 4.69) is 10.3 Å². The summed E-state index contributed by atoms with van der Waals surface area (Å²) in [6, 6.07) is 7.07. The molecule has 0 unspecified atom stereocenters. The molecule has 7 nitrogen and oxygen atoms in total. The number of rotatable bonds is 4. The molecule has 0 atom stereocenters. The molecule has 0 aliphatic rings. The van der Waals surface area contributed by atoms with Crippen LogP contribution in [0.25, 0.3) is 0 Å². The lowest BCUT2D eigenvalue weighted by Gasteiger charge is -2.09. The van der Waals surface area contributed by atoms with Crippen molar-refractivity contribution in [3.8, 4) is 5.75 Å². The van der Waals surface area contributed by atoms with E-state index in [0.717, 1.165) is 0 Å². The van der Waals surface area contributed by atoms with Crippen LogP contribution in [0.2, 0.25) is 0 Å². The van der Waals surface area contributed by atoms with Crippen LogP contribution in [0.4, 0.5) is 11.4 Å². The molecule has 0 fully saturated rings. The Morgan fingerprint density at radius 3 is 2.60 bits per heavy atom. The maximum Gasteiger partial charge on any atom is 0.271 e. The van der Waals surface area contributed by atoms with Crippen LogP contribution in [-0.2, 0) is 0 Å². The second kappa shape index (κ2) is 5.79. The zero-order valence-electron chi connectivity index (χ0n) is 10.6. The van der Waals surface area contributed by atoms with Gasteiger partial charge >= 0.3 is 0 Å². The number of hydrogen-bond donors (Lipinski definition) is 1. The van der Waals surface area contributed by atoms with E-state index in [4.69, 9.17) is 4.74 Å². The molecule has 1 aromatic carbocycles. The molecule has 1 heterocycles. The molecule has 7 heteroatoms. The molecular weight excluding hydrogens is 262 g/mol. The van der Waals surface area contributed by atoms with E-state index in [-0.39, 0.29) is 11.4 Å². The molecule has 0 aliphatic heterocycles. The topological polar surface area (TPSA) is 94.4 Å². The Bertz CT molecular complexity index is 643.